The van der Waals surface area contributed by atoms with Crippen LogP contribution in [0.4, 0.5) is 0 Å². The number of hydrogen-bond donors (Lipinski definition) is 2. The van der Waals surface area contributed by atoms with Gasteiger partial charge in [-0.2, -0.15) is 0 Å². The molecule has 6 nitrogen and oxygen atoms in total. The first-order chi connectivity index (χ1) is 12.8. The molecule has 1 aliphatic heterocycles. The van der Waals surface area contributed by atoms with E-state index in [1.165, 1.54) is 6.42 Å². The number of nitrogens with one attached hydrogen (secondary N) is 2. The van der Waals surface area contributed by atoms with E-state index in [-0.39, 0.29) is 5.91 Å². The number of aromatic nitrogens is 3. The average Bonchev–Trinajstić information content (AvgIpc) is 3.31. The van der Waals surface area contributed by atoms with Gasteiger partial charge in [-0.05, 0) is 55.6 Å². The molecule has 1 atom stereocenters. The van der Waals surface area contributed by atoms with E-state index in [4.69, 9.17) is 0 Å². The lowest BCUT2D eigenvalue weighted by molar-refractivity contribution is 0.0953. The summed E-state index contributed by atoms with van der Waals surface area (Å²) >= 11 is 0. The van der Waals surface area contributed by atoms with Crippen molar-refractivity contribution in [2.45, 2.75) is 19.3 Å². The summed E-state index contributed by atoms with van der Waals surface area (Å²) in [5.74, 6) is 0.567. The summed E-state index contributed by atoms with van der Waals surface area (Å²) in [4.78, 5) is 21.2. The summed E-state index contributed by atoms with van der Waals surface area (Å²) in [5.41, 5.74) is 3.65. The van der Waals surface area contributed by atoms with Crippen LogP contribution in [0.5, 0.6) is 0 Å². The molecule has 4 rings (SSSR count). The van der Waals surface area contributed by atoms with Crippen molar-refractivity contribution in [3.8, 4) is 0 Å². The molecule has 0 aliphatic carbocycles. The molecule has 2 N–H and O–H groups in total. The summed E-state index contributed by atoms with van der Waals surface area (Å²) in [6.45, 7) is 2.69. The molecule has 0 radical (unpaired) electrons. The lowest BCUT2D eigenvalue weighted by Crippen LogP contribution is -2.26. The van der Waals surface area contributed by atoms with Crippen molar-refractivity contribution in [2.75, 3.05) is 19.6 Å². The minimum Gasteiger partial charge on any atom is -0.352 e. The quantitative estimate of drug-likeness (QED) is 0.712. The molecule has 1 unspecified atom stereocenters. The van der Waals surface area contributed by atoms with Crippen LogP contribution in [0, 0.1) is 5.92 Å². The van der Waals surface area contributed by atoms with E-state index in [1.807, 2.05) is 47.3 Å². The van der Waals surface area contributed by atoms with Gasteiger partial charge in [0.15, 0.2) is 0 Å². The summed E-state index contributed by atoms with van der Waals surface area (Å²) in [5, 5.41) is 6.35. The molecule has 0 saturated carbocycles. The highest BCUT2D eigenvalue weighted by Crippen LogP contribution is 2.15. The van der Waals surface area contributed by atoms with E-state index in [0.29, 0.717) is 24.4 Å². The molecule has 6 heteroatoms. The largest absolute Gasteiger partial charge is 0.352 e. The minimum absolute atomic E-state index is 0.0762. The minimum atomic E-state index is -0.0762. The first kappa shape index (κ1) is 16.7. The number of carbonyl (C=O) groups excluding carboxylic acids is 1. The normalized spacial score (nSPS) is 16.8. The van der Waals surface area contributed by atoms with Crippen molar-refractivity contribution in [1.29, 1.82) is 0 Å². The van der Waals surface area contributed by atoms with E-state index >= 15 is 0 Å². The van der Waals surface area contributed by atoms with Crippen molar-refractivity contribution in [3.63, 3.8) is 0 Å². The smallest absolute Gasteiger partial charge is 0.252 e. The van der Waals surface area contributed by atoms with Crippen molar-refractivity contribution in [1.82, 2.24) is 25.0 Å². The van der Waals surface area contributed by atoms with Crippen molar-refractivity contribution < 1.29 is 4.79 Å². The fraction of sp³-hybridized carbons (Fsp3) is 0.350. The van der Waals surface area contributed by atoms with Gasteiger partial charge in [-0.15, -0.1) is 0 Å². The summed E-state index contributed by atoms with van der Waals surface area (Å²) in [6.07, 6.45) is 10.3. The Morgan fingerprint density at radius 3 is 3.15 bits per heavy atom. The van der Waals surface area contributed by atoms with E-state index < -0.39 is 0 Å². The molecule has 0 spiro atoms. The molecule has 1 amide bonds. The maximum absolute atomic E-state index is 12.4. The van der Waals surface area contributed by atoms with Crippen LogP contribution >= 0.6 is 0 Å². The van der Waals surface area contributed by atoms with Crippen LogP contribution in [-0.2, 0) is 12.8 Å². The molecule has 0 aromatic carbocycles. The van der Waals surface area contributed by atoms with Crippen molar-refractivity contribution in [3.05, 3.63) is 65.9 Å². The van der Waals surface area contributed by atoms with Gasteiger partial charge in [-0.1, -0.05) is 6.07 Å². The van der Waals surface area contributed by atoms with Crippen LogP contribution in [0.25, 0.3) is 5.65 Å². The molecular formula is C20H23N5O. The molecule has 0 bridgehead atoms. The van der Waals surface area contributed by atoms with Gasteiger partial charge in [0, 0.05) is 37.8 Å². The van der Waals surface area contributed by atoms with E-state index in [2.05, 4.69) is 20.6 Å². The van der Waals surface area contributed by atoms with E-state index in [0.717, 1.165) is 36.4 Å². The molecule has 1 aliphatic rings. The predicted molar refractivity (Wildman–Crippen MR) is 100 cm³/mol. The fourth-order valence-electron chi connectivity index (χ4n) is 3.46. The van der Waals surface area contributed by atoms with Crippen molar-refractivity contribution >= 4 is 11.6 Å². The van der Waals surface area contributed by atoms with Crippen molar-refractivity contribution in [2.24, 2.45) is 5.92 Å². The second-order valence-corrected chi connectivity index (χ2v) is 6.85. The number of pyridine rings is 2. The third-order valence-corrected chi connectivity index (χ3v) is 4.82. The van der Waals surface area contributed by atoms with Crippen LogP contribution in [0.1, 0.15) is 28.0 Å². The second kappa shape index (κ2) is 7.66. The van der Waals surface area contributed by atoms with Gasteiger partial charge in [0.05, 0.1) is 11.3 Å². The van der Waals surface area contributed by atoms with Gasteiger partial charge in [-0.3, -0.25) is 9.78 Å². The standard InChI is InChI=1S/C20H23N5O/c26-20(17-10-16(12-22-13-17)9-15-4-6-21-11-15)23-7-5-18-14-25-8-2-1-3-19(25)24-18/h1-3,8,10,12-15,21H,4-7,9,11H2,(H,23,26). The molecule has 3 aromatic heterocycles. The Labute approximate surface area is 152 Å². The molecule has 3 aromatic rings. The highest BCUT2D eigenvalue weighted by atomic mass is 16.1. The number of carbonyl (C=O) groups is 1. The lowest BCUT2D eigenvalue weighted by Gasteiger charge is -2.09. The zero-order chi connectivity index (χ0) is 17.8. The summed E-state index contributed by atoms with van der Waals surface area (Å²) < 4.78 is 1.99. The molecule has 1 saturated heterocycles. The van der Waals surface area contributed by atoms with Crippen LogP contribution in [0.15, 0.2) is 49.1 Å². The first-order valence-corrected chi connectivity index (χ1v) is 9.13. The number of imidazole rings is 1. The van der Waals surface area contributed by atoms with Gasteiger partial charge < -0.3 is 15.0 Å². The third kappa shape index (κ3) is 3.91. The molecule has 134 valence electrons. The van der Waals surface area contributed by atoms with Gasteiger partial charge in [0.25, 0.3) is 5.91 Å². The number of amides is 1. The summed E-state index contributed by atoms with van der Waals surface area (Å²) in [6, 6.07) is 7.88. The number of fused-ring (bicyclic) bond motifs is 1. The maximum atomic E-state index is 12.4. The molecule has 26 heavy (non-hydrogen) atoms. The van der Waals surface area contributed by atoms with Crippen LogP contribution in [0.3, 0.4) is 0 Å². The van der Waals surface area contributed by atoms with Gasteiger partial charge >= 0.3 is 0 Å². The molecule has 1 fully saturated rings. The highest BCUT2D eigenvalue weighted by molar-refractivity contribution is 5.94. The Balaban J connectivity index is 1.32. The second-order valence-electron chi connectivity index (χ2n) is 6.85. The third-order valence-electron chi connectivity index (χ3n) is 4.82. The SMILES string of the molecule is O=C(NCCc1cn2ccccc2n1)c1cncc(CC2CCNC2)c1. The van der Waals surface area contributed by atoms with Gasteiger partial charge in [0.1, 0.15) is 5.65 Å². The van der Waals surface area contributed by atoms with E-state index in [1.54, 1.807) is 6.20 Å². The molecular weight excluding hydrogens is 326 g/mol. The summed E-state index contributed by atoms with van der Waals surface area (Å²) in [7, 11) is 0. The monoisotopic (exact) mass is 349 g/mol. The molecule has 4 heterocycles. The Morgan fingerprint density at radius 2 is 2.31 bits per heavy atom. The van der Waals surface area contributed by atoms with Crippen LogP contribution < -0.4 is 10.6 Å². The average molecular weight is 349 g/mol. The fourth-order valence-corrected chi connectivity index (χ4v) is 3.46. The number of hydrogen-bond acceptors (Lipinski definition) is 4. The van der Waals surface area contributed by atoms with E-state index in [9.17, 15) is 4.79 Å². The van der Waals surface area contributed by atoms with Crippen LogP contribution in [-0.4, -0.2) is 39.9 Å². The maximum Gasteiger partial charge on any atom is 0.252 e. The van der Waals surface area contributed by atoms with Gasteiger partial charge in [-0.25, -0.2) is 4.98 Å². The van der Waals surface area contributed by atoms with Crippen LogP contribution in [0.2, 0.25) is 0 Å². The predicted octanol–water partition coefficient (Wildman–Crippen LogP) is 1.85. The Kier molecular flexibility index (Phi) is 4.93. The lowest BCUT2D eigenvalue weighted by atomic mass is 9.99. The zero-order valence-corrected chi connectivity index (χ0v) is 14.7. The Hall–Kier alpha value is -2.73. The first-order valence-electron chi connectivity index (χ1n) is 9.13. The zero-order valence-electron chi connectivity index (χ0n) is 14.7. The Morgan fingerprint density at radius 1 is 1.35 bits per heavy atom. The Bertz CT molecular complexity index is 865. The topological polar surface area (TPSA) is 71.3 Å². The number of rotatable bonds is 6. The number of nitrogens with zero attached hydrogens (tertiary/aromatic N) is 3. The highest BCUT2D eigenvalue weighted by Gasteiger charge is 2.16. The van der Waals surface area contributed by atoms with Gasteiger partial charge in [0.2, 0.25) is 0 Å².